The Labute approximate surface area is 118 Å². The Morgan fingerprint density at radius 3 is 3.00 bits per heavy atom. The number of nitrogens with one attached hydrogen (secondary N) is 1. The van der Waals surface area contributed by atoms with Gasteiger partial charge in [-0.25, -0.2) is 0 Å². The van der Waals surface area contributed by atoms with E-state index in [1.165, 1.54) is 0 Å². The Morgan fingerprint density at radius 2 is 2.20 bits per heavy atom. The summed E-state index contributed by atoms with van der Waals surface area (Å²) in [6.07, 6.45) is 3.79. The molecule has 3 rings (SSSR count). The summed E-state index contributed by atoms with van der Waals surface area (Å²) in [6, 6.07) is 8.52. The molecule has 0 spiro atoms. The van der Waals surface area contributed by atoms with Crippen molar-refractivity contribution in [2.24, 2.45) is 0 Å². The van der Waals surface area contributed by atoms with Gasteiger partial charge in [0.05, 0.1) is 6.04 Å². The number of hydrogen-bond donors (Lipinski definition) is 1. The van der Waals surface area contributed by atoms with Crippen molar-refractivity contribution in [3.8, 4) is 11.5 Å². The van der Waals surface area contributed by atoms with E-state index < -0.39 is 0 Å². The van der Waals surface area contributed by atoms with E-state index in [-0.39, 0.29) is 0 Å². The molecule has 2 heterocycles. The molecule has 0 aliphatic carbocycles. The van der Waals surface area contributed by atoms with Crippen LogP contribution in [0.2, 0.25) is 0 Å². The first-order valence-electron chi connectivity index (χ1n) is 6.85. The number of nitrogens with zero attached hydrogens (tertiary/aromatic N) is 2. The number of para-hydroxylation sites is 1. The molecule has 20 heavy (non-hydrogen) atoms. The summed E-state index contributed by atoms with van der Waals surface area (Å²) < 4.78 is 12.9. The minimum absolute atomic E-state index is 0.291. The van der Waals surface area contributed by atoms with Crippen LogP contribution in [0.15, 0.2) is 36.7 Å². The van der Waals surface area contributed by atoms with E-state index in [1.54, 1.807) is 6.20 Å². The van der Waals surface area contributed by atoms with Gasteiger partial charge in [-0.15, -0.1) is 0 Å². The molecular weight excluding hydrogens is 254 g/mol. The number of benzene rings is 1. The van der Waals surface area contributed by atoms with Crippen LogP contribution in [0.1, 0.15) is 25.5 Å². The predicted molar refractivity (Wildman–Crippen MR) is 75.8 cm³/mol. The standard InChI is InChI=1S/C15H19N3O2/c1-11(12(2)18-8-4-7-17-18)16-9-13-5-3-6-14-15(13)20-10-19-14/h3-8,11-12,16H,9-10H2,1-2H3/t11-,12-/m1/s1. The van der Waals surface area contributed by atoms with E-state index in [1.807, 2.05) is 29.1 Å². The lowest BCUT2D eigenvalue weighted by Crippen LogP contribution is -2.33. The van der Waals surface area contributed by atoms with Crippen molar-refractivity contribution in [2.75, 3.05) is 6.79 Å². The van der Waals surface area contributed by atoms with Gasteiger partial charge in [-0.05, 0) is 26.0 Å². The van der Waals surface area contributed by atoms with Gasteiger partial charge in [0.25, 0.3) is 0 Å². The average molecular weight is 273 g/mol. The summed E-state index contributed by atoms with van der Waals surface area (Å²) in [5.74, 6) is 1.69. The minimum atomic E-state index is 0.291. The first-order valence-corrected chi connectivity index (χ1v) is 6.85. The predicted octanol–water partition coefficient (Wildman–Crippen LogP) is 2.35. The number of fused-ring (bicyclic) bond motifs is 1. The number of hydrogen-bond acceptors (Lipinski definition) is 4. The monoisotopic (exact) mass is 273 g/mol. The van der Waals surface area contributed by atoms with Crippen molar-refractivity contribution < 1.29 is 9.47 Å². The van der Waals surface area contributed by atoms with Crippen molar-refractivity contribution in [2.45, 2.75) is 32.5 Å². The second kappa shape index (κ2) is 5.54. The number of rotatable bonds is 5. The first-order chi connectivity index (χ1) is 9.75. The fraction of sp³-hybridized carbons (Fsp3) is 0.400. The highest BCUT2D eigenvalue weighted by atomic mass is 16.7. The lowest BCUT2D eigenvalue weighted by Gasteiger charge is -2.22. The molecule has 2 atom stereocenters. The largest absolute Gasteiger partial charge is 0.454 e. The Balaban J connectivity index is 1.64. The summed E-state index contributed by atoms with van der Waals surface area (Å²) in [7, 11) is 0. The molecule has 1 aliphatic rings. The van der Waals surface area contributed by atoms with Crippen LogP contribution in [0.25, 0.3) is 0 Å². The smallest absolute Gasteiger partial charge is 0.231 e. The maximum Gasteiger partial charge on any atom is 0.231 e. The van der Waals surface area contributed by atoms with Crippen molar-refractivity contribution in [3.63, 3.8) is 0 Å². The third-order valence-electron chi connectivity index (χ3n) is 3.76. The molecule has 5 nitrogen and oxygen atoms in total. The maximum atomic E-state index is 5.51. The maximum absolute atomic E-state index is 5.51. The molecule has 0 unspecified atom stereocenters. The molecule has 1 aromatic heterocycles. The zero-order valence-electron chi connectivity index (χ0n) is 11.7. The van der Waals surface area contributed by atoms with E-state index in [9.17, 15) is 0 Å². The van der Waals surface area contributed by atoms with E-state index in [0.717, 1.165) is 23.6 Å². The molecule has 0 saturated carbocycles. The molecule has 0 radical (unpaired) electrons. The van der Waals surface area contributed by atoms with Crippen LogP contribution in [-0.2, 0) is 6.54 Å². The van der Waals surface area contributed by atoms with Crippen molar-refractivity contribution in [3.05, 3.63) is 42.2 Å². The van der Waals surface area contributed by atoms with E-state index in [2.05, 4.69) is 30.3 Å². The summed E-state index contributed by atoms with van der Waals surface area (Å²) >= 11 is 0. The molecule has 0 amide bonds. The topological polar surface area (TPSA) is 48.3 Å². The molecule has 1 aromatic carbocycles. The summed E-state index contributed by atoms with van der Waals surface area (Å²) in [5, 5.41) is 7.80. The van der Waals surface area contributed by atoms with Crippen LogP contribution in [0.3, 0.4) is 0 Å². The molecule has 2 aromatic rings. The highest BCUT2D eigenvalue weighted by Crippen LogP contribution is 2.35. The number of aromatic nitrogens is 2. The van der Waals surface area contributed by atoms with Gasteiger partial charge in [-0.1, -0.05) is 12.1 Å². The molecule has 5 heteroatoms. The van der Waals surface area contributed by atoms with Crippen LogP contribution >= 0.6 is 0 Å². The van der Waals surface area contributed by atoms with Crippen molar-refractivity contribution >= 4 is 0 Å². The van der Waals surface area contributed by atoms with Crippen molar-refractivity contribution in [1.29, 1.82) is 0 Å². The number of ether oxygens (including phenoxy) is 2. The lowest BCUT2D eigenvalue weighted by molar-refractivity contribution is 0.173. The van der Waals surface area contributed by atoms with Crippen LogP contribution in [0.4, 0.5) is 0 Å². The lowest BCUT2D eigenvalue weighted by atomic mass is 10.1. The molecule has 0 saturated heterocycles. The van der Waals surface area contributed by atoms with Gasteiger partial charge < -0.3 is 14.8 Å². The fourth-order valence-corrected chi connectivity index (χ4v) is 2.32. The van der Waals surface area contributed by atoms with Gasteiger partial charge in [-0.2, -0.15) is 5.10 Å². The summed E-state index contributed by atoms with van der Waals surface area (Å²) in [5.41, 5.74) is 1.12. The van der Waals surface area contributed by atoms with E-state index in [0.29, 0.717) is 18.9 Å². The molecule has 1 N–H and O–H groups in total. The van der Waals surface area contributed by atoms with Gasteiger partial charge in [0.2, 0.25) is 6.79 Å². The highest BCUT2D eigenvalue weighted by Gasteiger charge is 2.19. The van der Waals surface area contributed by atoms with Gasteiger partial charge in [0.1, 0.15) is 0 Å². The normalized spacial score (nSPS) is 16.1. The fourth-order valence-electron chi connectivity index (χ4n) is 2.32. The Morgan fingerprint density at radius 1 is 1.30 bits per heavy atom. The summed E-state index contributed by atoms with van der Waals surface area (Å²) in [4.78, 5) is 0. The Bertz CT molecular complexity index is 569. The molecule has 0 fully saturated rings. The van der Waals surface area contributed by atoms with Crippen LogP contribution in [-0.4, -0.2) is 22.6 Å². The third-order valence-corrected chi connectivity index (χ3v) is 3.76. The zero-order valence-corrected chi connectivity index (χ0v) is 11.7. The first kappa shape index (κ1) is 13.0. The Hall–Kier alpha value is -2.01. The van der Waals surface area contributed by atoms with Gasteiger partial charge in [0.15, 0.2) is 11.5 Å². The van der Waals surface area contributed by atoms with Crippen molar-refractivity contribution in [1.82, 2.24) is 15.1 Å². The van der Waals surface area contributed by atoms with Gasteiger partial charge >= 0.3 is 0 Å². The second-order valence-corrected chi connectivity index (χ2v) is 5.05. The second-order valence-electron chi connectivity index (χ2n) is 5.05. The summed E-state index contributed by atoms with van der Waals surface area (Å²) in [6.45, 7) is 5.37. The SMILES string of the molecule is C[C@H]([C@@H](C)NCc1cccc2c1OCO2)n1cccn1. The van der Waals surface area contributed by atoms with E-state index >= 15 is 0 Å². The average Bonchev–Trinajstić information content (AvgIpc) is 3.14. The molecule has 106 valence electrons. The third kappa shape index (κ3) is 2.49. The van der Waals surface area contributed by atoms with E-state index in [4.69, 9.17) is 9.47 Å². The molecular formula is C15H19N3O2. The van der Waals surface area contributed by atoms with Crippen LogP contribution < -0.4 is 14.8 Å². The highest BCUT2D eigenvalue weighted by molar-refractivity contribution is 5.48. The molecule has 1 aliphatic heterocycles. The zero-order chi connectivity index (χ0) is 13.9. The van der Waals surface area contributed by atoms with Crippen LogP contribution in [0, 0.1) is 0 Å². The Kier molecular flexibility index (Phi) is 3.60. The minimum Gasteiger partial charge on any atom is -0.454 e. The molecule has 0 bridgehead atoms. The quantitative estimate of drug-likeness (QED) is 0.908. The van der Waals surface area contributed by atoms with Gasteiger partial charge in [-0.3, -0.25) is 4.68 Å². The van der Waals surface area contributed by atoms with Gasteiger partial charge in [0, 0.05) is 30.5 Å². The van der Waals surface area contributed by atoms with Crippen LogP contribution in [0.5, 0.6) is 11.5 Å².